The summed E-state index contributed by atoms with van der Waals surface area (Å²) < 4.78 is 19.9. The Bertz CT molecular complexity index is 1110. The monoisotopic (exact) mass is 466 g/mol. The molecule has 2 heterocycles. The number of benzene rings is 2. The van der Waals surface area contributed by atoms with E-state index in [0.29, 0.717) is 34.5 Å². The highest BCUT2D eigenvalue weighted by molar-refractivity contribution is 6.28. The predicted molar refractivity (Wildman–Crippen MR) is 121 cm³/mol. The fourth-order valence-corrected chi connectivity index (χ4v) is 4.24. The topological polar surface area (TPSA) is 68.4 Å². The van der Waals surface area contributed by atoms with Gasteiger partial charge in [0.1, 0.15) is 23.3 Å². The van der Waals surface area contributed by atoms with Crippen LogP contribution in [0.5, 0.6) is 5.75 Å². The third-order valence-electron chi connectivity index (χ3n) is 5.73. The van der Waals surface area contributed by atoms with E-state index in [1.54, 1.807) is 24.3 Å². The number of halogens is 3. The van der Waals surface area contributed by atoms with Crippen LogP contribution in [0.3, 0.4) is 0 Å². The molecule has 0 fully saturated rings. The van der Waals surface area contributed by atoms with E-state index < -0.39 is 17.7 Å². The zero-order chi connectivity index (χ0) is 21.6. The van der Waals surface area contributed by atoms with Gasteiger partial charge in [-0.3, -0.25) is 0 Å². The fraction of sp³-hybridized carbons (Fsp3) is 0.348. The minimum atomic E-state index is -0.837. The highest BCUT2D eigenvalue weighted by Crippen LogP contribution is 2.42. The van der Waals surface area contributed by atoms with E-state index in [4.69, 9.17) is 16.3 Å². The number of nitrogens with zero attached hydrogens (tertiary/aromatic N) is 1. The number of rotatable bonds is 4. The maximum absolute atomic E-state index is 13.1. The summed E-state index contributed by atoms with van der Waals surface area (Å²) >= 11 is 6.08. The van der Waals surface area contributed by atoms with Gasteiger partial charge in [-0.15, -0.1) is 12.4 Å². The molecule has 1 aliphatic heterocycles. The van der Waals surface area contributed by atoms with Crippen molar-refractivity contribution in [2.24, 2.45) is 0 Å². The van der Waals surface area contributed by atoms with Gasteiger partial charge in [0.05, 0.1) is 11.4 Å². The first-order valence-electron chi connectivity index (χ1n) is 9.88. The second kappa shape index (κ2) is 8.79. The van der Waals surface area contributed by atoms with E-state index in [0.717, 1.165) is 16.5 Å². The summed E-state index contributed by atoms with van der Waals surface area (Å²) in [6.45, 7) is 6.12. The van der Waals surface area contributed by atoms with E-state index in [9.17, 15) is 14.7 Å². The molecule has 0 spiro atoms. The van der Waals surface area contributed by atoms with Crippen molar-refractivity contribution in [3.05, 3.63) is 75.3 Å². The highest BCUT2D eigenvalue weighted by Gasteiger charge is 2.43. The van der Waals surface area contributed by atoms with Crippen LogP contribution in [0.25, 0.3) is 10.9 Å². The number of pyridine rings is 1. The molecule has 2 atom stereocenters. The molecule has 1 aliphatic rings. The number of hydrogen-bond donors (Lipinski definition) is 2. The molecule has 3 aromatic rings. The van der Waals surface area contributed by atoms with Crippen molar-refractivity contribution in [3.63, 3.8) is 0 Å². The van der Waals surface area contributed by atoms with Gasteiger partial charge in [-0.25, -0.2) is 4.39 Å². The molecule has 0 aliphatic carbocycles. The van der Waals surface area contributed by atoms with Gasteiger partial charge in [-0.2, -0.15) is 4.73 Å². The van der Waals surface area contributed by atoms with Gasteiger partial charge < -0.3 is 20.4 Å². The summed E-state index contributed by atoms with van der Waals surface area (Å²) in [6.07, 6.45) is -0.170. The maximum Gasteiger partial charge on any atom is 0.287 e. The third kappa shape index (κ3) is 4.44. The number of aromatic nitrogens is 1. The van der Waals surface area contributed by atoms with Crippen molar-refractivity contribution in [2.75, 3.05) is 6.54 Å². The first-order chi connectivity index (χ1) is 14.2. The summed E-state index contributed by atoms with van der Waals surface area (Å²) in [5.74, 6) is 0.358. The largest absolute Gasteiger partial charge is 0.617 e. The molecule has 166 valence electrons. The number of aryl methyl sites for hydroxylation is 1. The molecule has 8 heteroatoms. The van der Waals surface area contributed by atoms with Crippen LogP contribution >= 0.6 is 24.0 Å². The van der Waals surface area contributed by atoms with Crippen LogP contribution in [-0.2, 0) is 6.42 Å². The lowest BCUT2D eigenvalue weighted by Crippen LogP contribution is -2.52. The van der Waals surface area contributed by atoms with Crippen LogP contribution in [0.4, 0.5) is 4.39 Å². The predicted octanol–water partition coefficient (Wildman–Crippen LogP) is 4.40. The molecule has 2 N–H and O–H groups in total. The van der Waals surface area contributed by atoms with Crippen LogP contribution < -0.4 is 14.8 Å². The summed E-state index contributed by atoms with van der Waals surface area (Å²) in [6, 6.07) is 11.1. The molecule has 1 aromatic heterocycles. The molecular formula is C23H25Cl2FN2O3. The number of ether oxygens (including phenoxy) is 1. The lowest BCUT2D eigenvalue weighted by Gasteiger charge is -2.42. The van der Waals surface area contributed by atoms with E-state index >= 15 is 0 Å². The van der Waals surface area contributed by atoms with E-state index in [1.165, 1.54) is 12.1 Å². The Morgan fingerprint density at radius 3 is 2.58 bits per heavy atom. The standard InChI is InChI=1S/C23H24ClFN2O3.ClH/c1-13-10-20(24)27(29)18-11-17-19(12-16(13)18)30-23(2,3)22(28)21(17)26-9-8-14-4-6-15(25)7-5-14;/h4-7,10-12,21-22,26,28H,8-9H2,1-3H3;1H/t21-,22+;/m0./s1. The van der Waals surface area contributed by atoms with Crippen molar-refractivity contribution in [1.82, 2.24) is 5.32 Å². The van der Waals surface area contributed by atoms with Crippen LogP contribution in [0.2, 0.25) is 5.15 Å². The van der Waals surface area contributed by atoms with Gasteiger partial charge >= 0.3 is 0 Å². The Hall–Kier alpha value is -2.12. The minimum absolute atomic E-state index is 0. The Kier molecular flexibility index (Phi) is 6.67. The van der Waals surface area contributed by atoms with Crippen LogP contribution in [0.1, 0.15) is 36.6 Å². The molecule has 31 heavy (non-hydrogen) atoms. The molecule has 0 bridgehead atoms. The quantitative estimate of drug-likeness (QED) is 0.339. The van der Waals surface area contributed by atoms with Crippen molar-refractivity contribution in [1.29, 1.82) is 0 Å². The third-order valence-corrected chi connectivity index (χ3v) is 5.99. The van der Waals surface area contributed by atoms with E-state index in [1.807, 2.05) is 26.8 Å². The molecule has 5 nitrogen and oxygen atoms in total. The molecule has 0 amide bonds. The molecule has 0 unspecified atom stereocenters. The van der Waals surface area contributed by atoms with Gasteiger partial charge in [0.2, 0.25) is 5.52 Å². The smallest absolute Gasteiger partial charge is 0.287 e. The Balaban J connectivity index is 0.00000272. The first kappa shape index (κ1) is 23.5. The van der Waals surface area contributed by atoms with Crippen LogP contribution in [0.15, 0.2) is 42.5 Å². The highest BCUT2D eigenvalue weighted by atomic mass is 35.5. The van der Waals surface area contributed by atoms with Crippen LogP contribution in [-0.4, -0.2) is 23.4 Å². The van der Waals surface area contributed by atoms with E-state index in [2.05, 4.69) is 5.32 Å². The number of aliphatic hydroxyl groups excluding tert-OH is 1. The average molecular weight is 467 g/mol. The first-order valence-corrected chi connectivity index (χ1v) is 10.3. The number of hydrogen-bond acceptors (Lipinski definition) is 4. The van der Waals surface area contributed by atoms with Crippen molar-refractivity contribution in [3.8, 4) is 5.75 Å². The van der Waals surface area contributed by atoms with Crippen LogP contribution in [0, 0.1) is 17.9 Å². The lowest BCUT2D eigenvalue weighted by atomic mass is 9.85. The van der Waals surface area contributed by atoms with Gasteiger partial charge in [0.25, 0.3) is 5.15 Å². The van der Waals surface area contributed by atoms with E-state index in [-0.39, 0.29) is 23.4 Å². The zero-order valence-electron chi connectivity index (χ0n) is 17.5. The van der Waals surface area contributed by atoms with Crippen molar-refractivity contribution >= 4 is 34.9 Å². The Labute approximate surface area is 191 Å². The molecule has 2 aromatic carbocycles. The normalized spacial score (nSPS) is 19.4. The zero-order valence-corrected chi connectivity index (χ0v) is 19.1. The van der Waals surface area contributed by atoms with Gasteiger partial charge in [0.15, 0.2) is 0 Å². The summed E-state index contributed by atoms with van der Waals surface area (Å²) in [4.78, 5) is 0. The summed E-state index contributed by atoms with van der Waals surface area (Å²) in [5.41, 5.74) is 2.18. The summed E-state index contributed by atoms with van der Waals surface area (Å²) in [5, 5.41) is 27.8. The summed E-state index contributed by atoms with van der Waals surface area (Å²) in [7, 11) is 0. The molecule has 4 rings (SSSR count). The lowest BCUT2D eigenvalue weighted by molar-refractivity contribution is -0.574. The SMILES string of the molecule is Cc1cc(Cl)[n+]([O-])c2cc3c(cc12)OC(C)(C)[C@H](O)[C@H]3NCCc1ccc(F)cc1.Cl. The molecular weight excluding hydrogens is 442 g/mol. The van der Waals surface area contributed by atoms with Gasteiger partial charge in [-0.05, 0) is 74.7 Å². The molecule has 0 radical (unpaired) electrons. The molecule has 0 saturated carbocycles. The van der Waals surface area contributed by atoms with Gasteiger partial charge in [0, 0.05) is 17.7 Å². The maximum atomic E-state index is 13.1. The second-order valence-electron chi connectivity index (χ2n) is 8.31. The number of fused-ring (bicyclic) bond motifs is 2. The number of aliphatic hydroxyl groups is 1. The van der Waals surface area contributed by atoms with Gasteiger partial charge in [-0.1, -0.05) is 12.1 Å². The fourth-order valence-electron chi connectivity index (χ4n) is 3.99. The Morgan fingerprint density at radius 2 is 1.90 bits per heavy atom. The second-order valence-corrected chi connectivity index (χ2v) is 8.70. The van der Waals surface area contributed by atoms with Crippen molar-refractivity contribution < 1.29 is 19.0 Å². The molecule has 0 saturated heterocycles. The number of nitrogens with one attached hydrogen (secondary N) is 1. The Morgan fingerprint density at radius 1 is 1.23 bits per heavy atom. The average Bonchev–Trinajstić information content (AvgIpc) is 2.69. The van der Waals surface area contributed by atoms with Crippen molar-refractivity contribution in [2.45, 2.75) is 44.9 Å². The minimum Gasteiger partial charge on any atom is -0.617 e.